The maximum atomic E-state index is 6.49. The van der Waals surface area contributed by atoms with E-state index in [2.05, 4.69) is 60.0 Å². The molecule has 0 saturated carbocycles. The van der Waals surface area contributed by atoms with E-state index in [1.54, 1.807) is 0 Å². The van der Waals surface area contributed by atoms with E-state index in [1.807, 2.05) is 6.08 Å². The van der Waals surface area contributed by atoms with Gasteiger partial charge in [-0.2, -0.15) is 0 Å². The molecule has 2 aromatic rings. The van der Waals surface area contributed by atoms with Crippen LogP contribution in [-0.2, 0) is 6.42 Å². The van der Waals surface area contributed by atoms with Gasteiger partial charge < -0.3 is 4.74 Å². The van der Waals surface area contributed by atoms with Crippen molar-refractivity contribution in [2.75, 3.05) is 13.1 Å². The number of rotatable bonds is 4. The highest BCUT2D eigenvalue weighted by Crippen LogP contribution is 2.38. The predicted octanol–water partition coefficient (Wildman–Crippen LogP) is 4.86. The molecule has 1 heterocycles. The monoisotopic (exact) mass is 319 g/mol. The number of hydrogen-bond acceptors (Lipinski definition) is 2. The van der Waals surface area contributed by atoms with Gasteiger partial charge in [-0.3, -0.25) is 4.90 Å². The van der Waals surface area contributed by atoms with Crippen molar-refractivity contribution in [1.29, 1.82) is 0 Å². The Morgan fingerprint density at radius 3 is 2.46 bits per heavy atom. The Morgan fingerprint density at radius 1 is 0.958 bits per heavy atom. The minimum Gasteiger partial charge on any atom is -0.484 e. The van der Waals surface area contributed by atoms with E-state index in [-0.39, 0.29) is 6.10 Å². The van der Waals surface area contributed by atoms with Gasteiger partial charge in [-0.05, 0) is 61.2 Å². The van der Waals surface area contributed by atoms with Gasteiger partial charge in [-0.25, -0.2) is 0 Å². The first-order valence-electron chi connectivity index (χ1n) is 9.06. The average molecular weight is 319 g/mol. The smallest absolute Gasteiger partial charge is 0.140 e. The summed E-state index contributed by atoms with van der Waals surface area (Å²) < 4.78 is 6.49. The maximum Gasteiger partial charge on any atom is 0.140 e. The van der Waals surface area contributed by atoms with Gasteiger partial charge in [0.15, 0.2) is 0 Å². The van der Waals surface area contributed by atoms with Gasteiger partial charge >= 0.3 is 0 Å². The van der Waals surface area contributed by atoms with Crippen LogP contribution in [0.2, 0.25) is 0 Å². The summed E-state index contributed by atoms with van der Waals surface area (Å²) in [6.07, 6.45) is 7.09. The molecule has 2 aliphatic rings. The highest BCUT2D eigenvalue weighted by molar-refractivity contribution is 5.48. The lowest BCUT2D eigenvalue weighted by Crippen LogP contribution is -2.43. The first-order valence-corrected chi connectivity index (χ1v) is 9.06. The Kier molecular flexibility index (Phi) is 4.40. The van der Waals surface area contributed by atoms with E-state index < -0.39 is 0 Å². The molecule has 1 unspecified atom stereocenters. The second kappa shape index (κ2) is 6.82. The molecule has 0 aromatic heterocycles. The molecular formula is C22H25NO. The summed E-state index contributed by atoms with van der Waals surface area (Å²) in [5, 5.41) is 0. The number of piperidine rings is 1. The molecule has 0 radical (unpaired) electrons. The van der Waals surface area contributed by atoms with E-state index in [0.29, 0.717) is 6.04 Å². The number of hydrogen-bond donors (Lipinski definition) is 0. The second-order valence-corrected chi connectivity index (χ2v) is 6.88. The molecule has 1 aliphatic heterocycles. The number of benzene rings is 2. The molecular weight excluding hydrogens is 294 g/mol. The Labute approximate surface area is 144 Å². The largest absolute Gasteiger partial charge is 0.484 e. The highest BCUT2D eigenvalue weighted by atomic mass is 16.5. The van der Waals surface area contributed by atoms with E-state index >= 15 is 0 Å². The third kappa shape index (κ3) is 2.99. The van der Waals surface area contributed by atoms with Crippen molar-refractivity contribution < 1.29 is 4.74 Å². The quantitative estimate of drug-likeness (QED) is 0.798. The molecule has 0 bridgehead atoms. The summed E-state index contributed by atoms with van der Waals surface area (Å²) in [4.78, 5) is 2.65. The zero-order chi connectivity index (χ0) is 16.4. The van der Waals surface area contributed by atoms with E-state index in [1.165, 1.54) is 43.5 Å². The van der Waals surface area contributed by atoms with Gasteiger partial charge in [-0.1, -0.05) is 55.5 Å². The van der Waals surface area contributed by atoms with Crippen LogP contribution in [0.5, 0.6) is 5.75 Å². The molecule has 1 fully saturated rings. The molecule has 0 spiro atoms. The van der Waals surface area contributed by atoms with Gasteiger partial charge in [0, 0.05) is 0 Å². The normalized spacial score (nSPS) is 23.7. The number of likely N-dealkylation sites (tertiary alicyclic amines) is 1. The minimum absolute atomic E-state index is 0.133. The standard InChI is InChI=1S/C22H25NO/c1-2-17-10-12-19(13-11-17)24-22-20-9-5-4-8-18(20)16-21(22)23-14-6-3-7-15-23/h2,4-5,8-13,21-22H,1,3,6-7,14-16H2/t21-,22?/m1/s1. The van der Waals surface area contributed by atoms with Crippen LogP contribution in [0.15, 0.2) is 55.1 Å². The van der Waals surface area contributed by atoms with Crippen molar-refractivity contribution in [2.24, 2.45) is 0 Å². The zero-order valence-electron chi connectivity index (χ0n) is 14.2. The summed E-state index contributed by atoms with van der Waals surface area (Å²) in [6, 6.07) is 17.5. The number of nitrogens with zero attached hydrogens (tertiary/aromatic N) is 1. The fourth-order valence-corrected chi connectivity index (χ4v) is 4.08. The molecule has 124 valence electrons. The van der Waals surface area contributed by atoms with Crippen LogP contribution < -0.4 is 4.74 Å². The topological polar surface area (TPSA) is 12.5 Å². The molecule has 0 N–H and O–H groups in total. The summed E-state index contributed by atoms with van der Waals surface area (Å²) >= 11 is 0. The highest BCUT2D eigenvalue weighted by Gasteiger charge is 2.38. The number of ether oxygens (including phenoxy) is 1. The fraction of sp³-hybridized carbons (Fsp3) is 0.364. The third-order valence-corrected chi connectivity index (χ3v) is 5.38. The van der Waals surface area contributed by atoms with Crippen molar-refractivity contribution in [3.8, 4) is 5.75 Å². The van der Waals surface area contributed by atoms with Crippen LogP contribution in [-0.4, -0.2) is 24.0 Å². The van der Waals surface area contributed by atoms with Crippen LogP contribution in [0.25, 0.3) is 6.08 Å². The fourth-order valence-electron chi connectivity index (χ4n) is 4.08. The lowest BCUT2D eigenvalue weighted by molar-refractivity contribution is 0.0648. The van der Waals surface area contributed by atoms with Crippen molar-refractivity contribution in [2.45, 2.75) is 37.8 Å². The maximum absolute atomic E-state index is 6.49. The molecule has 4 rings (SSSR count). The SMILES string of the molecule is C=Cc1ccc(OC2c3ccccc3C[C@H]2N2CCCCC2)cc1. The Balaban J connectivity index is 1.61. The van der Waals surface area contributed by atoms with Gasteiger partial charge in [0.2, 0.25) is 0 Å². The molecule has 2 heteroatoms. The lowest BCUT2D eigenvalue weighted by Gasteiger charge is -2.35. The van der Waals surface area contributed by atoms with Gasteiger partial charge in [0.05, 0.1) is 6.04 Å². The molecule has 2 nitrogen and oxygen atoms in total. The first kappa shape index (κ1) is 15.5. The summed E-state index contributed by atoms with van der Waals surface area (Å²) in [6.45, 7) is 6.22. The molecule has 1 saturated heterocycles. The van der Waals surface area contributed by atoms with E-state index in [9.17, 15) is 0 Å². The van der Waals surface area contributed by atoms with Crippen molar-refractivity contribution in [1.82, 2.24) is 4.90 Å². The van der Waals surface area contributed by atoms with Crippen LogP contribution >= 0.6 is 0 Å². The molecule has 1 aliphatic carbocycles. The first-order chi connectivity index (χ1) is 11.8. The average Bonchev–Trinajstić information content (AvgIpc) is 3.02. The van der Waals surface area contributed by atoms with E-state index in [4.69, 9.17) is 4.74 Å². The van der Waals surface area contributed by atoms with Gasteiger partial charge in [0.25, 0.3) is 0 Å². The van der Waals surface area contributed by atoms with Gasteiger partial charge in [-0.15, -0.1) is 0 Å². The van der Waals surface area contributed by atoms with Crippen LogP contribution in [0.1, 0.15) is 42.1 Å². The van der Waals surface area contributed by atoms with Crippen molar-refractivity contribution >= 4 is 6.08 Å². The molecule has 24 heavy (non-hydrogen) atoms. The van der Waals surface area contributed by atoms with Crippen molar-refractivity contribution in [3.05, 3.63) is 71.8 Å². The minimum atomic E-state index is 0.133. The molecule has 2 atom stereocenters. The lowest BCUT2D eigenvalue weighted by atomic mass is 10.0. The third-order valence-electron chi connectivity index (χ3n) is 5.38. The van der Waals surface area contributed by atoms with Gasteiger partial charge in [0.1, 0.15) is 11.9 Å². The van der Waals surface area contributed by atoms with E-state index in [0.717, 1.165) is 17.7 Å². The van der Waals surface area contributed by atoms with Crippen LogP contribution in [0.4, 0.5) is 0 Å². The molecule has 0 amide bonds. The predicted molar refractivity (Wildman–Crippen MR) is 99.3 cm³/mol. The summed E-state index contributed by atoms with van der Waals surface area (Å²) in [7, 11) is 0. The van der Waals surface area contributed by atoms with Crippen molar-refractivity contribution in [3.63, 3.8) is 0 Å². The number of fused-ring (bicyclic) bond motifs is 1. The van der Waals surface area contributed by atoms with Crippen LogP contribution in [0.3, 0.4) is 0 Å². The summed E-state index contributed by atoms with van der Waals surface area (Å²) in [5.41, 5.74) is 3.93. The summed E-state index contributed by atoms with van der Waals surface area (Å²) in [5.74, 6) is 0.948. The zero-order valence-corrected chi connectivity index (χ0v) is 14.2. The Bertz CT molecular complexity index is 700. The molecule has 2 aromatic carbocycles. The Morgan fingerprint density at radius 2 is 1.71 bits per heavy atom. The Hall–Kier alpha value is -2.06. The van der Waals surface area contributed by atoms with Crippen LogP contribution in [0, 0.1) is 0 Å². The second-order valence-electron chi connectivity index (χ2n) is 6.88.